The average molecular weight is 300 g/mol. The van der Waals surface area contributed by atoms with Crippen molar-refractivity contribution in [3.8, 4) is 0 Å². The first-order chi connectivity index (χ1) is 11.1. The lowest BCUT2D eigenvalue weighted by atomic mass is 10.0. The molecule has 114 valence electrons. The Labute approximate surface area is 137 Å². The molecule has 3 rings (SSSR count). The lowest BCUT2D eigenvalue weighted by Crippen LogP contribution is -1.94. The maximum atomic E-state index is 12.4. The monoisotopic (exact) mass is 300 g/mol. The highest BCUT2D eigenvalue weighted by Crippen LogP contribution is 2.18. The molecule has 1 heteroatoms. The summed E-state index contributed by atoms with van der Waals surface area (Å²) in [5, 5.41) is 2.24. The molecular weight excluding hydrogens is 280 g/mol. The number of hydrogen-bond acceptors (Lipinski definition) is 1. The van der Waals surface area contributed by atoms with Crippen LogP contribution in [0.15, 0.2) is 72.8 Å². The van der Waals surface area contributed by atoms with E-state index in [1.54, 1.807) is 6.08 Å². The largest absolute Gasteiger partial charge is 0.289 e. The fourth-order valence-electron chi connectivity index (χ4n) is 2.60. The third-order valence-electron chi connectivity index (χ3n) is 4.06. The molecule has 0 N–H and O–H groups in total. The zero-order valence-corrected chi connectivity index (χ0v) is 13.5. The molecule has 0 aromatic heterocycles. The number of allylic oxidation sites excluding steroid dienone is 1. The van der Waals surface area contributed by atoms with Crippen molar-refractivity contribution in [3.05, 3.63) is 89.5 Å². The number of rotatable bonds is 4. The summed E-state index contributed by atoms with van der Waals surface area (Å²) in [6.07, 6.45) is 3.52. The van der Waals surface area contributed by atoms with Gasteiger partial charge in [0.1, 0.15) is 0 Å². The van der Waals surface area contributed by atoms with Gasteiger partial charge < -0.3 is 0 Å². The standard InChI is InChI=1S/C22H20O/c1-16(2)18-10-7-17(8-11-18)9-14-22(23)21-13-12-19-5-3-4-6-20(19)15-21/h3-16H,1-2H3/b14-9+. The Kier molecular flexibility index (Phi) is 4.38. The molecule has 0 radical (unpaired) electrons. The molecular formula is C22H20O. The summed E-state index contributed by atoms with van der Waals surface area (Å²) in [5.41, 5.74) is 3.07. The third-order valence-corrected chi connectivity index (χ3v) is 4.06. The van der Waals surface area contributed by atoms with Gasteiger partial charge in [0.15, 0.2) is 5.78 Å². The Balaban J connectivity index is 1.79. The van der Waals surface area contributed by atoms with Gasteiger partial charge in [-0.15, -0.1) is 0 Å². The number of benzene rings is 3. The van der Waals surface area contributed by atoms with Crippen LogP contribution in [0.4, 0.5) is 0 Å². The van der Waals surface area contributed by atoms with Gasteiger partial charge in [0.2, 0.25) is 0 Å². The van der Waals surface area contributed by atoms with E-state index in [1.165, 1.54) is 5.56 Å². The highest BCUT2D eigenvalue weighted by atomic mass is 16.1. The van der Waals surface area contributed by atoms with Gasteiger partial charge in [-0.05, 0) is 40.0 Å². The predicted molar refractivity (Wildman–Crippen MR) is 97.8 cm³/mol. The van der Waals surface area contributed by atoms with Crippen LogP contribution in [0.5, 0.6) is 0 Å². The molecule has 0 heterocycles. The van der Waals surface area contributed by atoms with Gasteiger partial charge in [-0.1, -0.05) is 80.6 Å². The first kappa shape index (κ1) is 15.2. The van der Waals surface area contributed by atoms with Crippen LogP contribution in [0, 0.1) is 0 Å². The first-order valence-corrected chi connectivity index (χ1v) is 7.94. The van der Waals surface area contributed by atoms with E-state index in [4.69, 9.17) is 0 Å². The van der Waals surface area contributed by atoms with Crippen molar-refractivity contribution in [2.45, 2.75) is 19.8 Å². The van der Waals surface area contributed by atoms with E-state index < -0.39 is 0 Å². The van der Waals surface area contributed by atoms with Gasteiger partial charge in [0.25, 0.3) is 0 Å². The van der Waals surface area contributed by atoms with Crippen molar-refractivity contribution >= 4 is 22.6 Å². The van der Waals surface area contributed by atoms with Crippen LogP contribution < -0.4 is 0 Å². The lowest BCUT2D eigenvalue weighted by Gasteiger charge is -2.04. The predicted octanol–water partition coefficient (Wildman–Crippen LogP) is 5.86. The second-order valence-electron chi connectivity index (χ2n) is 6.08. The molecule has 0 saturated carbocycles. The van der Waals surface area contributed by atoms with Gasteiger partial charge >= 0.3 is 0 Å². The van der Waals surface area contributed by atoms with Crippen molar-refractivity contribution < 1.29 is 4.79 Å². The van der Waals surface area contributed by atoms with Crippen LogP contribution in [-0.2, 0) is 0 Å². The minimum absolute atomic E-state index is 0.0312. The molecule has 0 atom stereocenters. The van der Waals surface area contributed by atoms with Crippen LogP contribution >= 0.6 is 0 Å². The molecule has 0 unspecified atom stereocenters. The summed E-state index contributed by atoms with van der Waals surface area (Å²) < 4.78 is 0. The minimum atomic E-state index is 0.0312. The molecule has 3 aromatic rings. The summed E-state index contributed by atoms with van der Waals surface area (Å²) in [4.78, 5) is 12.4. The first-order valence-electron chi connectivity index (χ1n) is 7.94. The highest BCUT2D eigenvalue weighted by molar-refractivity contribution is 6.08. The van der Waals surface area contributed by atoms with Gasteiger partial charge in [-0.2, -0.15) is 0 Å². The summed E-state index contributed by atoms with van der Waals surface area (Å²) in [6, 6.07) is 22.2. The van der Waals surface area contributed by atoms with E-state index in [0.717, 1.165) is 21.9 Å². The smallest absolute Gasteiger partial charge is 0.185 e. The number of ketones is 1. The Morgan fingerprint density at radius 1 is 0.870 bits per heavy atom. The van der Waals surface area contributed by atoms with Crippen molar-refractivity contribution in [1.29, 1.82) is 0 Å². The van der Waals surface area contributed by atoms with Crippen LogP contribution in [0.1, 0.15) is 41.3 Å². The second-order valence-corrected chi connectivity index (χ2v) is 6.08. The Bertz CT molecular complexity index is 855. The number of carbonyl (C=O) groups is 1. The summed E-state index contributed by atoms with van der Waals surface area (Å²) in [7, 11) is 0. The number of carbonyl (C=O) groups excluding carboxylic acids is 1. The topological polar surface area (TPSA) is 17.1 Å². The SMILES string of the molecule is CC(C)c1ccc(/C=C/C(=O)c2ccc3ccccc3c2)cc1. The molecule has 23 heavy (non-hydrogen) atoms. The fraction of sp³-hybridized carbons (Fsp3) is 0.136. The van der Waals surface area contributed by atoms with E-state index in [-0.39, 0.29) is 5.78 Å². The van der Waals surface area contributed by atoms with E-state index in [2.05, 4.69) is 44.2 Å². The molecule has 0 amide bonds. The zero-order valence-electron chi connectivity index (χ0n) is 13.5. The molecule has 0 aliphatic rings. The van der Waals surface area contributed by atoms with E-state index in [9.17, 15) is 4.79 Å². The van der Waals surface area contributed by atoms with Crippen molar-refractivity contribution in [1.82, 2.24) is 0 Å². The molecule has 0 aliphatic carbocycles. The lowest BCUT2D eigenvalue weighted by molar-refractivity contribution is 0.104. The van der Waals surface area contributed by atoms with Crippen LogP contribution in [0.25, 0.3) is 16.8 Å². The molecule has 1 nitrogen and oxygen atoms in total. The van der Waals surface area contributed by atoms with Gasteiger partial charge in [0, 0.05) is 5.56 Å². The normalized spacial score (nSPS) is 11.4. The van der Waals surface area contributed by atoms with E-state index in [1.807, 2.05) is 42.5 Å². The highest BCUT2D eigenvalue weighted by Gasteiger charge is 2.03. The van der Waals surface area contributed by atoms with Crippen LogP contribution in [-0.4, -0.2) is 5.78 Å². The van der Waals surface area contributed by atoms with Gasteiger partial charge in [-0.25, -0.2) is 0 Å². The molecule has 0 spiro atoms. The summed E-state index contributed by atoms with van der Waals surface area (Å²) in [6.45, 7) is 4.35. The van der Waals surface area contributed by atoms with Gasteiger partial charge in [0.05, 0.1) is 0 Å². The van der Waals surface area contributed by atoms with Crippen molar-refractivity contribution in [2.75, 3.05) is 0 Å². The molecule has 0 aliphatic heterocycles. The summed E-state index contributed by atoms with van der Waals surface area (Å²) in [5.74, 6) is 0.552. The van der Waals surface area contributed by atoms with Crippen LogP contribution in [0.2, 0.25) is 0 Å². The third kappa shape index (κ3) is 3.57. The molecule has 3 aromatic carbocycles. The molecule has 0 saturated heterocycles. The maximum Gasteiger partial charge on any atom is 0.185 e. The average Bonchev–Trinajstić information content (AvgIpc) is 2.59. The quantitative estimate of drug-likeness (QED) is 0.435. The Hall–Kier alpha value is -2.67. The zero-order chi connectivity index (χ0) is 16.2. The van der Waals surface area contributed by atoms with E-state index >= 15 is 0 Å². The van der Waals surface area contributed by atoms with Crippen molar-refractivity contribution in [3.63, 3.8) is 0 Å². The second kappa shape index (κ2) is 6.62. The summed E-state index contributed by atoms with van der Waals surface area (Å²) >= 11 is 0. The maximum absolute atomic E-state index is 12.4. The van der Waals surface area contributed by atoms with Crippen LogP contribution in [0.3, 0.4) is 0 Å². The number of fused-ring (bicyclic) bond motifs is 1. The Morgan fingerprint density at radius 2 is 1.57 bits per heavy atom. The number of hydrogen-bond donors (Lipinski definition) is 0. The Morgan fingerprint density at radius 3 is 2.26 bits per heavy atom. The minimum Gasteiger partial charge on any atom is -0.289 e. The molecule has 0 bridgehead atoms. The van der Waals surface area contributed by atoms with E-state index in [0.29, 0.717) is 5.92 Å². The van der Waals surface area contributed by atoms with Gasteiger partial charge in [-0.3, -0.25) is 4.79 Å². The van der Waals surface area contributed by atoms with Crippen molar-refractivity contribution in [2.24, 2.45) is 0 Å². The fourth-order valence-corrected chi connectivity index (χ4v) is 2.60. The molecule has 0 fully saturated rings.